The van der Waals surface area contributed by atoms with Gasteiger partial charge in [-0.3, -0.25) is 4.79 Å². The lowest BCUT2D eigenvalue weighted by Crippen LogP contribution is -2.50. The molecule has 11 heteroatoms. The molecule has 4 rings (SSSR count). The fourth-order valence-corrected chi connectivity index (χ4v) is 5.93. The van der Waals surface area contributed by atoms with Crippen molar-refractivity contribution < 1.29 is 26.4 Å². The smallest absolute Gasteiger partial charge is 0.340 e. The number of carbonyl (C=O) groups excluding carboxylic acids is 1. The Kier molecular flexibility index (Phi) is 6.24. The normalized spacial score (nSPS) is 15.9. The standard InChI is InChI=1S/C21H20F3N3O3S2/c22-21(23,24)15-5-7-16(8-6-15)32(29,30)27-13-11-26(12-14-27)20(28)10-9-19-25-17-3-1-2-4-18(17)31-19/h1-8H,9-14H2. The van der Waals surface area contributed by atoms with Gasteiger partial charge in [-0.2, -0.15) is 17.5 Å². The summed E-state index contributed by atoms with van der Waals surface area (Å²) in [4.78, 5) is 18.5. The van der Waals surface area contributed by atoms with Crippen LogP contribution in [-0.2, 0) is 27.4 Å². The number of amides is 1. The van der Waals surface area contributed by atoms with E-state index in [0.29, 0.717) is 6.42 Å². The van der Waals surface area contributed by atoms with E-state index in [4.69, 9.17) is 0 Å². The molecule has 2 heterocycles. The minimum absolute atomic E-state index is 0.0733. The molecule has 0 saturated carbocycles. The molecule has 3 aromatic rings. The van der Waals surface area contributed by atoms with Gasteiger partial charge in [0.25, 0.3) is 0 Å². The number of thiazole rings is 1. The van der Waals surface area contributed by atoms with Crippen molar-refractivity contribution in [2.75, 3.05) is 26.2 Å². The van der Waals surface area contributed by atoms with Crippen LogP contribution in [-0.4, -0.2) is 54.7 Å². The summed E-state index contributed by atoms with van der Waals surface area (Å²) in [6, 6.07) is 11.2. The number of alkyl halides is 3. The van der Waals surface area contributed by atoms with Crippen LogP contribution >= 0.6 is 11.3 Å². The average Bonchev–Trinajstić information content (AvgIpc) is 3.20. The predicted molar refractivity (Wildman–Crippen MR) is 115 cm³/mol. The van der Waals surface area contributed by atoms with Crippen LogP contribution in [0.15, 0.2) is 53.4 Å². The van der Waals surface area contributed by atoms with Gasteiger partial charge in [0.1, 0.15) is 0 Å². The van der Waals surface area contributed by atoms with Crippen LogP contribution in [0.1, 0.15) is 17.0 Å². The molecule has 0 aliphatic carbocycles. The first-order chi connectivity index (χ1) is 15.1. The lowest BCUT2D eigenvalue weighted by molar-refractivity contribution is -0.137. The van der Waals surface area contributed by atoms with Crippen molar-refractivity contribution in [3.05, 3.63) is 59.1 Å². The van der Waals surface area contributed by atoms with Crippen molar-refractivity contribution in [3.8, 4) is 0 Å². The highest BCUT2D eigenvalue weighted by molar-refractivity contribution is 7.89. The quantitative estimate of drug-likeness (QED) is 0.554. The number of fused-ring (bicyclic) bond motifs is 1. The molecule has 1 saturated heterocycles. The molecular formula is C21H20F3N3O3S2. The lowest BCUT2D eigenvalue weighted by Gasteiger charge is -2.34. The van der Waals surface area contributed by atoms with Gasteiger partial charge in [-0.05, 0) is 36.4 Å². The Labute approximate surface area is 187 Å². The molecule has 32 heavy (non-hydrogen) atoms. The number of halogens is 3. The van der Waals surface area contributed by atoms with Crippen molar-refractivity contribution in [1.82, 2.24) is 14.2 Å². The Hall–Kier alpha value is -2.50. The van der Waals surface area contributed by atoms with E-state index in [9.17, 15) is 26.4 Å². The molecule has 170 valence electrons. The number of para-hydroxylation sites is 1. The predicted octanol–water partition coefficient (Wildman–Crippen LogP) is 3.78. The number of hydrogen-bond acceptors (Lipinski definition) is 5. The molecule has 0 unspecified atom stereocenters. The first-order valence-electron chi connectivity index (χ1n) is 9.94. The second-order valence-corrected chi connectivity index (χ2v) is 10.4. The molecule has 6 nitrogen and oxygen atoms in total. The van der Waals surface area contributed by atoms with E-state index in [1.165, 1.54) is 4.31 Å². The van der Waals surface area contributed by atoms with Gasteiger partial charge in [-0.1, -0.05) is 12.1 Å². The van der Waals surface area contributed by atoms with Crippen LogP contribution in [0.4, 0.5) is 13.2 Å². The number of rotatable bonds is 5. The number of carbonyl (C=O) groups is 1. The molecule has 1 fully saturated rings. The first kappa shape index (κ1) is 22.7. The minimum Gasteiger partial charge on any atom is -0.340 e. The van der Waals surface area contributed by atoms with Crippen molar-refractivity contribution in [1.29, 1.82) is 0 Å². The van der Waals surface area contributed by atoms with Crippen molar-refractivity contribution in [2.45, 2.75) is 23.9 Å². The zero-order valence-electron chi connectivity index (χ0n) is 16.9. The number of hydrogen-bond donors (Lipinski definition) is 0. The highest BCUT2D eigenvalue weighted by Gasteiger charge is 2.33. The molecule has 0 spiro atoms. The Morgan fingerprint density at radius 3 is 2.28 bits per heavy atom. The number of nitrogens with zero attached hydrogens (tertiary/aromatic N) is 3. The second-order valence-electron chi connectivity index (χ2n) is 7.38. The van der Waals surface area contributed by atoms with Gasteiger partial charge in [0, 0.05) is 39.0 Å². The third kappa shape index (κ3) is 4.79. The Morgan fingerprint density at radius 1 is 1.00 bits per heavy atom. The maximum absolute atomic E-state index is 12.8. The molecule has 2 aromatic carbocycles. The Morgan fingerprint density at radius 2 is 1.66 bits per heavy atom. The molecule has 1 aliphatic heterocycles. The summed E-state index contributed by atoms with van der Waals surface area (Å²) in [5, 5.41) is 0.878. The van der Waals surface area contributed by atoms with Crippen LogP contribution in [0.2, 0.25) is 0 Å². The van der Waals surface area contributed by atoms with Gasteiger partial charge in [0.05, 0.1) is 25.7 Å². The number of aromatic nitrogens is 1. The first-order valence-corrected chi connectivity index (χ1v) is 12.2. The van der Waals surface area contributed by atoms with Gasteiger partial charge in [0.2, 0.25) is 15.9 Å². The van der Waals surface area contributed by atoms with Crippen molar-refractivity contribution in [3.63, 3.8) is 0 Å². The molecule has 0 radical (unpaired) electrons. The minimum atomic E-state index is -4.53. The van der Waals surface area contributed by atoms with E-state index in [1.807, 2.05) is 24.3 Å². The van der Waals surface area contributed by atoms with Gasteiger partial charge in [-0.25, -0.2) is 13.4 Å². The van der Waals surface area contributed by atoms with Crippen LogP contribution in [0.3, 0.4) is 0 Å². The van der Waals surface area contributed by atoms with Crippen LogP contribution in [0.5, 0.6) is 0 Å². The summed E-state index contributed by atoms with van der Waals surface area (Å²) in [5.41, 5.74) is 0.00188. The summed E-state index contributed by atoms with van der Waals surface area (Å²) >= 11 is 1.55. The average molecular weight is 484 g/mol. The molecule has 0 N–H and O–H groups in total. The highest BCUT2D eigenvalue weighted by atomic mass is 32.2. The fraction of sp³-hybridized carbons (Fsp3) is 0.333. The largest absolute Gasteiger partial charge is 0.416 e. The van der Waals surface area contributed by atoms with Gasteiger partial charge >= 0.3 is 6.18 Å². The molecule has 1 aliphatic rings. The maximum atomic E-state index is 12.8. The number of aryl methyl sites for hydroxylation is 1. The Balaban J connectivity index is 1.33. The lowest BCUT2D eigenvalue weighted by atomic mass is 10.2. The summed E-state index contributed by atoms with van der Waals surface area (Å²) in [6.45, 7) is 0.656. The third-order valence-corrected chi connectivity index (χ3v) is 8.31. The topological polar surface area (TPSA) is 70.6 Å². The van der Waals surface area contributed by atoms with Crippen LogP contribution < -0.4 is 0 Å². The molecule has 0 bridgehead atoms. The monoisotopic (exact) mass is 483 g/mol. The summed E-state index contributed by atoms with van der Waals surface area (Å²) in [7, 11) is -3.92. The fourth-order valence-electron chi connectivity index (χ4n) is 3.54. The van der Waals surface area contributed by atoms with E-state index in [-0.39, 0.29) is 43.4 Å². The van der Waals surface area contributed by atoms with E-state index in [0.717, 1.165) is 39.5 Å². The molecule has 0 atom stereocenters. The van der Waals surface area contributed by atoms with E-state index in [2.05, 4.69) is 4.98 Å². The van der Waals surface area contributed by atoms with Crippen LogP contribution in [0.25, 0.3) is 10.2 Å². The third-order valence-electron chi connectivity index (χ3n) is 5.30. The molecule has 1 aromatic heterocycles. The van der Waals surface area contributed by atoms with Crippen molar-refractivity contribution in [2.24, 2.45) is 0 Å². The molecular weight excluding hydrogens is 463 g/mol. The Bertz CT molecular complexity index is 1180. The number of piperazine rings is 1. The van der Waals surface area contributed by atoms with Gasteiger partial charge in [0.15, 0.2) is 0 Å². The summed E-state index contributed by atoms with van der Waals surface area (Å²) < 4.78 is 65.9. The van der Waals surface area contributed by atoms with Crippen LogP contribution in [0, 0.1) is 0 Å². The van der Waals surface area contributed by atoms with E-state index in [1.54, 1.807) is 16.2 Å². The molecule has 1 amide bonds. The summed E-state index contributed by atoms with van der Waals surface area (Å²) in [5.74, 6) is -0.0733. The zero-order chi connectivity index (χ0) is 22.9. The zero-order valence-corrected chi connectivity index (χ0v) is 18.5. The number of sulfonamides is 1. The van der Waals surface area contributed by atoms with Gasteiger partial charge < -0.3 is 4.90 Å². The van der Waals surface area contributed by atoms with Gasteiger partial charge in [-0.15, -0.1) is 11.3 Å². The van der Waals surface area contributed by atoms with Crippen molar-refractivity contribution >= 4 is 37.5 Å². The maximum Gasteiger partial charge on any atom is 0.416 e. The second kappa shape index (κ2) is 8.80. The van der Waals surface area contributed by atoms with E-state index >= 15 is 0 Å². The summed E-state index contributed by atoms with van der Waals surface area (Å²) in [6.07, 6.45) is -3.73. The number of benzene rings is 2. The SMILES string of the molecule is O=C(CCc1nc2ccccc2s1)N1CCN(S(=O)(=O)c2ccc(C(F)(F)F)cc2)CC1. The van der Waals surface area contributed by atoms with E-state index < -0.39 is 21.8 Å². The highest BCUT2D eigenvalue weighted by Crippen LogP contribution is 2.30.